The molecule has 0 saturated heterocycles. The zero-order chi connectivity index (χ0) is 32.9. The fourth-order valence-corrected chi connectivity index (χ4v) is 7.37. The van der Waals surface area contributed by atoms with Crippen molar-refractivity contribution in [3.8, 4) is 27.9 Å². The number of rotatable bonds is 6. The van der Waals surface area contributed by atoms with E-state index in [-0.39, 0.29) is 0 Å². The molecule has 230 valence electrons. The lowest BCUT2D eigenvalue weighted by atomic mass is 9.96. The molecule has 1 aromatic heterocycles. The molecule has 0 amide bonds. The van der Waals surface area contributed by atoms with Crippen molar-refractivity contribution in [1.82, 2.24) is 4.57 Å². The summed E-state index contributed by atoms with van der Waals surface area (Å²) in [7, 11) is 0. The largest absolute Gasteiger partial charge is 0.309 e. The molecule has 2 nitrogen and oxygen atoms in total. The first kappa shape index (κ1) is 28.7. The molecule has 9 aromatic rings. The Bertz CT molecular complexity index is 2800. The molecule has 0 spiro atoms. The number of hydrogen-bond acceptors (Lipinski definition) is 1. The Hall–Kier alpha value is -6.51. The van der Waals surface area contributed by atoms with Crippen LogP contribution in [-0.4, -0.2) is 10.8 Å². The molecule has 49 heavy (non-hydrogen) atoms. The van der Waals surface area contributed by atoms with Crippen LogP contribution < -0.4 is 0 Å². The molecule has 1 heterocycles. The SMILES string of the molecule is C=C/C=C(\C=N)c1ccc2cc(-c3ccc4c(ccc5c6ccc(-c7ccc8ccccc8c7)cc6n(-c6ccccc6)c45)c3)ccc2c1. The van der Waals surface area contributed by atoms with Gasteiger partial charge in [-0.15, -0.1) is 0 Å². The average molecular weight is 625 g/mol. The minimum absolute atomic E-state index is 0.847. The Labute approximate surface area is 285 Å². The second kappa shape index (κ2) is 11.6. The molecule has 0 radical (unpaired) electrons. The van der Waals surface area contributed by atoms with Gasteiger partial charge < -0.3 is 9.98 Å². The fraction of sp³-hybridized carbons (Fsp3) is 0. The van der Waals surface area contributed by atoms with Crippen LogP contribution in [0.5, 0.6) is 0 Å². The van der Waals surface area contributed by atoms with Crippen molar-refractivity contribution in [3.05, 3.63) is 182 Å². The van der Waals surface area contributed by atoms with Crippen LogP contribution in [0.2, 0.25) is 0 Å². The number of allylic oxidation sites excluding steroid dienone is 3. The first-order valence-corrected chi connectivity index (χ1v) is 16.6. The number of nitrogens with one attached hydrogen (secondary N) is 1. The van der Waals surface area contributed by atoms with Gasteiger partial charge in [0.05, 0.1) is 11.0 Å². The average Bonchev–Trinajstić information content (AvgIpc) is 3.50. The summed E-state index contributed by atoms with van der Waals surface area (Å²) in [5, 5.41) is 17.6. The quantitative estimate of drug-likeness (QED) is 0.141. The predicted molar refractivity (Wildman–Crippen MR) is 211 cm³/mol. The maximum atomic E-state index is 7.79. The van der Waals surface area contributed by atoms with E-state index in [1.54, 1.807) is 6.08 Å². The molecular weight excluding hydrogens is 593 g/mol. The highest BCUT2D eigenvalue weighted by Crippen LogP contribution is 2.40. The van der Waals surface area contributed by atoms with Crippen molar-refractivity contribution >= 4 is 65.9 Å². The molecular formula is C47H32N2. The van der Waals surface area contributed by atoms with Crippen molar-refractivity contribution in [1.29, 1.82) is 5.41 Å². The minimum Gasteiger partial charge on any atom is -0.309 e. The van der Waals surface area contributed by atoms with Crippen LogP contribution >= 0.6 is 0 Å². The van der Waals surface area contributed by atoms with E-state index in [1.807, 2.05) is 6.08 Å². The van der Waals surface area contributed by atoms with Crippen LogP contribution in [0.3, 0.4) is 0 Å². The topological polar surface area (TPSA) is 28.8 Å². The summed E-state index contributed by atoms with van der Waals surface area (Å²) in [6.07, 6.45) is 4.98. The summed E-state index contributed by atoms with van der Waals surface area (Å²) in [5.74, 6) is 0. The minimum atomic E-state index is 0.847. The van der Waals surface area contributed by atoms with Gasteiger partial charge in [0, 0.05) is 28.1 Å². The molecule has 0 atom stereocenters. The molecule has 0 fully saturated rings. The molecule has 2 heteroatoms. The zero-order valence-electron chi connectivity index (χ0n) is 26.9. The van der Waals surface area contributed by atoms with E-state index in [0.29, 0.717) is 0 Å². The first-order chi connectivity index (χ1) is 24.2. The Morgan fingerprint density at radius 2 is 1.04 bits per heavy atom. The van der Waals surface area contributed by atoms with Gasteiger partial charge in [0.25, 0.3) is 0 Å². The summed E-state index contributed by atoms with van der Waals surface area (Å²) >= 11 is 0. The van der Waals surface area contributed by atoms with E-state index >= 15 is 0 Å². The van der Waals surface area contributed by atoms with Gasteiger partial charge in [-0.1, -0.05) is 134 Å². The lowest BCUT2D eigenvalue weighted by Crippen LogP contribution is -1.94. The van der Waals surface area contributed by atoms with E-state index < -0.39 is 0 Å². The van der Waals surface area contributed by atoms with Gasteiger partial charge >= 0.3 is 0 Å². The van der Waals surface area contributed by atoms with Gasteiger partial charge in [0.1, 0.15) is 0 Å². The maximum Gasteiger partial charge on any atom is 0.0619 e. The third kappa shape index (κ3) is 4.85. The van der Waals surface area contributed by atoms with Crippen LogP contribution in [0.25, 0.3) is 87.6 Å². The number of nitrogens with zero attached hydrogens (tertiary/aromatic N) is 1. The smallest absolute Gasteiger partial charge is 0.0619 e. The molecule has 0 aliphatic heterocycles. The van der Waals surface area contributed by atoms with Crippen molar-refractivity contribution < 1.29 is 0 Å². The lowest BCUT2D eigenvalue weighted by Gasteiger charge is -2.12. The highest BCUT2D eigenvalue weighted by molar-refractivity contribution is 6.19. The fourth-order valence-electron chi connectivity index (χ4n) is 7.37. The number of aromatic nitrogens is 1. The molecule has 8 aromatic carbocycles. The van der Waals surface area contributed by atoms with Crippen LogP contribution in [0.4, 0.5) is 0 Å². The molecule has 9 rings (SSSR count). The Kier molecular flexibility index (Phi) is 6.81. The zero-order valence-corrected chi connectivity index (χ0v) is 26.9. The van der Waals surface area contributed by atoms with E-state index in [4.69, 9.17) is 5.41 Å². The number of hydrogen-bond donors (Lipinski definition) is 1. The monoisotopic (exact) mass is 624 g/mol. The Morgan fingerprint density at radius 1 is 0.490 bits per heavy atom. The van der Waals surface area contributed by atoms with Crippen LogP contribution in [0, 0.1) is 5.41 Å². The molecule has 0 aliphatic rings. The van der Waals surface area contributed by atoms with Crippen LogP contribution in [-0.2, 0) is 0 Å². The second-order valence-electron chi connectivity index (χ2n) is 12.6. The highest BCUT2D eigenvalue weighted by Gasteiger charge is 2.17. The highest BCUT2D eigenvalue weighted by atomic mass is 15.0. The van der Waals surface area contributed by atoms with Gasteiger partial charge in [-0.25, -0.2) is 0 Å². The maximum absolute atomic E-state index is 7.79. The third-order valence-electron chi connectivity index (χ3n) is 9.80. The van der Waals surface area contributed by atoms with E-state index in [2.05, 4.69) is 169 Å². The first-order valence-electron chi connectivity index (χ1n) is 16.6. The van der Waals surface area contributed by atoms with Crippen molar-refractivity contribution in [2.24, 2.45) is 0 Å². The summed E-state index contributed by atoms with van der Waals surface area (Å²) in [4.78, 5) is 0. The standard InChI is InChI=1S/C47H32N2/c1-2-8-41(30-48)38-18-17-33-26-34(15-16-35(33)27-38)37-19-22-43-40(28-37)21-24-45-44-23-20-39(36-14-13-31-9-6-7-10-32(31)25-36)29-46(44)49(47(43)45)42-11-4-3-5-12-42/h2-30,48H,1H2/b41-8+,48-30?. The summed E-state index contributed by atoms with van der Waals surface area (Å²) < 4.78 is 2.44. The molecule has 0 unspecified atom stereocenters. The van der Waals surface area contributed by atoms with E-state index in [9.17, 15) is 0 Å². The third-order valence-corrected chi connectivity index (χ3v) is 9.80. The number of para-hydroxylation sites is 1. The van der Waals surface area contributed by atoms with E-state index in [1.165, 1.54) is 77.2 Å². The predicted octanol–water partition coefficient (Wildman–Crippen LogP) is 12.8. The van der Waals surface area contributed by atoms with Gasteiger partial charge in [0.15, 0.2) is 0 Å². The Balaban J connectivity index is 1.20. The molecule has 0 aliphatic carbocycles. The van der Waals surface area contributed by atoms with Crippen molar-refractivity contribution in [2.45, 2.75) is 0 Å². The van der Waals surface area contributed by atoms with Crippen molar-refractivity contribution in [3.63, 3.8) is 0 Å². The van der Waals surface area contributed by atoms with Crippen LogP contribution in [0.15, 0.2) is 176 Å². The number of fused-ring (bicyclic) bond motifs is 7. The van der Waals surface area contributed by atoms with Gasteiger partial charge in [-0.3, -0.25) is 0 Å². The molecule has 0 saturated carbocycles. The van der Waals surface area contributed by atoms with Gasteiger partial charge in [-0.2, -0.15) is 0 Å². The Morgan fingerprint density at radius 3 is 1.80 bits per heavy atom. The van der Waals surface area contributed by atoms with Gasteiger partial charge in [0.2, 0.25) is 0 Å². The normalized spacial score (nSPS) is 12.0. The van der Waals surface area contributed by atoms with Crippen LogP contribution in [0.1, 0.15) is 5.56 Å². The summed E-state index contributed by atoms with van der Waals surface area (Å²) in [6.45, 7) is 3.79. The van der Waals surface area contributed by atoms with E-state index in [0.717, 1.165) is 22.2 Å². The number of benzene rings is 8. The molecule has 0 bridgehead atoms. The second-order valence-corrected chi connectivity index (χ2v) is 12.6. The lowest BCUT2D eigenvalue weighted by molar-refractivity contribution is 1.19. The summed E-state index contributed by atoms with van der Waals surface area (Å²) in [5.41, 5.74) is 10.2. The summed E-state index contributed by atoms with van der Waals surface area (Å²) in [6, 6.07) is 57.3. The molecule has 1 N–H and O–H groups in total. The van der Waals surface area contributed by atoms with Crippen molar-refractivity contribution in [2.75, 3.05) is 0 Å². The van der Waals surface area contributed by atoms with Gasteiger partial charge in [-0.05, 0) is 103 Å².